The highest BCUT2D eigenvalue weighted by Crippen LogP contribution is 2.27. The van der Waals surface area contributed by atoms with E-state index >= 15 is 0 Å². The third-order valence-corrected chi connectivity index (χ3v) is 4.49. The predicted octanol–water partition coefficient (Wildman–Crippen LogP) is 3.69. The number of hydrogen-bond donors (Lipinski definition) is 0. The van der Waals surface area contributed by atoms with Crippen molar-refractivity contribution < 1.29 is 9.18 Å². The van der Waals surface area contributed by atoms with Crippen LogP contribution in [0.15, 0.2) is 66.7 Å². The molecule has 0 bridgehead atoms. The van der Waals surface area contributed by atoms with Crippen LogP contribution in [0.5, 0.6) is 0 Å². The molecular formula is C21H18FN5O. The number of carbonyl (C=O) groups excluding carboxylic acids is 1. The summed E-state index contributed by atoms with van der Waals surface area (Å²) in [4.78, 5) is 15.9. The van der Waals surface area contributed by atoms with Crippen molar-refractivity contribution in [1.82, 2.24) is 20.2 Å². The van der Waals surface area contributed by atoms with Crippen LogP contribution < -0.4 is 4.90 Å². The molecular weight excluding hydrogens is 357 g/mol. The standard InChI is InChI=1S/C21H18FN5O/c1-2-26(19-12-6-8-15-7-3-4-11-18(15)19)20(28)14-27-24-21(23-25-27)16-9-5-10-17(22)13-16/h3-13H,2,14H2,1H3. The first-order chi connectivity index (χ1) is 13.7. The molecule has 0 saturated heterocycles. The Hall–Kier alpha value is -3.61. The summed E-state index contributed by atoms with van der Waals surface area (Å²) in [5.41, 5.74) is 1.36. The first kappa shape index (κ1) is 17.8. The molecule has 7 heteroatoms. The fourth-order valence-corrected chi connectivity index (χ4v) is 3.18. The van der Waals surface area contributed by atoms with Gasteiger partial charge in [-0.05, 0) is 35.7 Å². The minimum absolute atomic E-state index is 0.0562. The van der Waals surface area contributed by atoms with Crippen molar-refractivity contribution in [2.45, 2.75) is 13.5 Å². The number of benzene rings is 3. The average Bonchev–Trinajstić information content (AvgIpc) is 3.17. The van der Waals surface area contributed by atoms with E-state index in [1.165, 1.54) is 16.9 Å². The van der Waals surface area contributed by atoms with Crippen LogP contribution in [0.1, 0.15) is 6.92 Å². The summed E-state index contributed by atoms with van der Waals surface area (Å²) in [6.07, 6.45) is 0. The molecule has 0 atom stereocenters. The van der Waals surface area contributed by atoms with Gasteiger partial charge in [-0.1, -0.05) is 48.5 Å². The van der Waals surface area contributed by atoms with E-state index < -0.39 is 0 Å². The maximum atomic E-state index is 13.4. The number of hydrogen-bond acceptors (Lipinski definition) is 4. The number of carbonyl (C=O) groups is 1. The van der Waals surface area contributed by atoms with E-state index in [2.05, 4.69) is 15.4 Å². The number of nitrogens with zero attached hydrogens (tertiary/aromatic N) is 5. The first-order valence-electron chi connectivity index (χ1n) is 8.97. The van der Waals surface area contributed by atoms with E-state index in [1.807, 2.05) is 49.4 Å². The minimum atomic E-state index is -0.377. The van der Waals surface area contributed by atoms with Crippen molar-refractivity contribution in [1.29, 1.82) is 0 Å². The second kappa shape index (κ2) is 7.56. The average molecular weight is 375 g/mol. The van der Waals surface area contributed by atoms with Gasteiger partial charge in [-0.25, -0.2) is 4.39 Å². The fourth-order valence-electron chi connectivity index (χ4n) is 3.18. The number of anilines is 1. The monoisotopic (exact) mass is 375 g/mol. The number of fused-ring (bicyclic) bond motifs is 1. The van der Waals surface area contributed by atoms with Crippen molar-refractivity contribution in [2.24, 2.45) is 0 Å². The fraction of sp³-hybridized carbons (Fsp3) is 0.143. The Balaban J connectivity index is 1.59. The highest BCUT2D eigenvalue weighted by molar-refractivity contribution is 6.03. The van der Waals surface area contributed by atoms with Crippen LogP contribution in [0.3, 0.4) is 0 Å². The zero-order valence-corrected chi connectivity index (χ0v) is 15.3. The summed E-state index contributed by atoms with van der Waals surface area (Å²) >= 11 is 0. The van der Waals surface area contributed by atoms with E-state index in [0.29, 0.717) is 12.1 Å². The Kier molecular flexibility index (Phi) is 4.80. The molecule has 4 rings (SSSR count). The molecule has 1 heterocycles. The van der Waals surface area contributed by atoms with Crippen LogP contribution in [-0.4, -0.2) is 32.7 Å². The van der Waals surface area contributed by atoms with Crippen molar-refractivity contribution >= 4 is 22.4 Å². The van der Waals surface area contributed by atoms with E-state index in [-0.39, 0.29) is 24.1 Å². The van der Waals surface area contributed by atoms with E-state index in [0.717, 1.165) is 16.5 Å². The highest BCUT2D eigenvalue weighted by Gasteiger charge is 2.18. The highest BCUT2D eigenvalue weighted by atomic mass is 19.1. The van der Waals surface area contributed by atoms with Crippen LogP contribution in [-0.2, 0) is 11.3 Å². The van der Waals surface area contributed by atoms with Crippen LogP contribution in [0.2, 0.25) is 0 Å². The molecule has 28 heavy (non-hydrogen) atoms. The molecule has 0 aliphatic rings. The van der Waals surface area contributed by atoms with Gasteiger partial charge in [0.1, 0.15) is 12.4 Å². The van der Waals surface area contributed by atoms with Crippen molar-refractivity contribution in [2.75, 3.05) is 11.4 Å². The van der Waals surface area contributed by atoms with Crippen LogP contribution >= 0.6 is 0 Å². The number of amides is 1. The molecule has 0 unspecified atom stereocenters. The van der Waals surface area contributed by atoms with Gasteiger partial charge >= 0.3 is 0 Å². The maximum absolute atomic E-state index is 13.4. The Morgan fingerprint density at radius 1 is 1.07 bits per heavy atom. The Morgan fingerprint density at radius 3 is 2.68 bits per heavy atom. The van der Waals surface area contributed by atoms with Crippen molar-refractivity contribution in [3.8, 4) is 11.4 Å². The molecule has 0 spiro atoms. The van der Waals surface area contributed by atoms with E-state index in [1.54, 1.807) is 17.0 Å². The maximum Gasteiger partial charge on any atom is 0.250 e. The molecule has 1 amide bonds. The summed E-state index contributed by atoms with van der Waals surface area (Å²) < 4.78 is 13.4. The van der Waals surface area contributed by atoms with E-state index in [9.17, 15) is 9.18 Å². The Labute approximate surface area is 161 Å². The number of likely N-dealkylation sites (N-methyl/N-ethyl adjacent to an activating group) is 1. The van der Waals surface area contributed by atoms with Crippen molar-refractivity contribution in [3.05, 3.63) is 72.5 Å². The van der Waals surface area contributed by atoms with Gasteiger partial charge in [0.25, 0.3) is 5.91 Å². The van der Waals surface area contributed by atoms with Gasteiger partial charge in [0.15, 0.2) is 0 Å². The number of rotatable bonds is 5. The van der Waals surface area contributed by atoms with Crippen LogP contribution in [0.25, 0.3) is 22.2 Å². The van der Waals surface area contributed by atoms with Gasteiger partial charge in [-0.3, -0.25) is 4.79 Å². The minimum Gasteiger partial charge on any atom is -0.310 e. The summed E-state index contributed by atoms with van der Waals surface area (Å²) in [6, 6.07) is 19.8. The summed E-state index contributed by atoms with van der Waals surface area (Å²) in [6.45, 7) is 2.38. The first-order valence-corrected chi connectivity index (χ1v) is 8.97. The molecule has 0 aliphatic carbocycles. The van der Waals surface area contributed by atoms with Gasteiger partial charge in [-0.15, -0.1) is 10.2 Å². The molecule has 0 radical (unpaired) electrons. The Morgan fingerprint density at radius 2 is 1.86 bits per heavy atom. The van der Waals surface area contributed by atoms with Gasteiger partial charge < -0.3 is 4.90 Å². The largest absolute Gasteiger partial charge is 0.310 e. The lowest BCUT2D eigenvalue weighted by molar-refractivity contribution is -0.119. The lowest BCUT2D eigenvalue weighted by Gasteiger charge is -2.22. The molecule has 0 fully saturated rings. The van der Waals surface area contributed by atoms with Gasteiger partial charge in [-0.2, -0.15) is 4.80 Å². The summed E-state index contributed by atoms with van der Waals surface area (Å²) in [5.74, 6) is -0.249. The number of aromatic nitrogens is 4. The third-order valence-electron chi connectivity index (χ3n) is 4.49. The van der Waals surface area contributed by atoms with Gasteiger partial charge in [0.2, 0.25) is 5.82 Å². The molecule has 4 aromatic rings. The van der Waals surface area contributed by atoms with Crippen molar-refractivity contribution in [3.63, 3.8) is 0 Å². The molecule has 140 valence electrons. The van der Waals surface area contributed by atoms with Crippen LogP contribution in [0.4, 0.5) is 10.1 Å². The summed E-state index contributed by atoms with van der Waals surface area (Å²) in [7, 11) is 0. The Bertz CT molecular complexity index is 1140. The third kappa shape index (κ3) is 3.46. The van der Waals surface area contributed by atoms with Gasteiger partial charge in [0.05, 0.1) is 5.69 Å². The molecule has 0 N–H and O–H groups in total. The summed E-state index contributed by atoms with van der Waals surface area (Å²) in [5, 5.41) is 14.2. The number of halogens is 1. The second-order valence-electron chi connectivity index (χ2n) is 6.29. The molecule has 0 aliphatic heterocycles. The normalized spacial score (nSPS) is 10.9. The van der Waals surface area contributed by atoms with E-state index in [4.69, 9.17) is 0 Å². The molecule has 1 aromatic heterocycles. The molecule has 3 aromatic carbocycles. The second-order valence-corrected chi connectivity index (χ2v) is 6.29. The SMILES string of the molecule is CCN(C(=O)Cn1nnc(-c2cccc(F)c2)n1)c1cccc2ccccc12. The predicted molar refractivity (Wildman–Crippen MR) is 105 cm³/mol. The lowest BCUT2D eigenvalue weighted by Crippen LogP contribution is -2.34. The zero-order valence-electron chi connectivity index (χ0n) is 15.3. The van der Waals surface area contributed by atoms with Gasteiger partial charge in [0, 0.05) is 17.5 Å². The topological polar surface area (TPSA) is 63.9 Å². The zero-order chi connectivity index (χ0) is 19.5. The quantitative estimate of drug-likeness (QED) is 0.534. The molecule has 0 saturated carbocycles. The number of tetrazole rings is 1. The molecule has 6 nitrogen and oxygen atoms in total. The lowest BCUT2D eigenvalue weighted by atomic mass is 10.1. The van der Waals surface area contributed by atoms with Crippen LogP contribution in [0, 0.1) is 5.82 Å². The smallest absolute Gasteiger partial charge is 0.250 e.